The summed E-state index contributed by atoms with van der Waals surface area (Å²) < 4.78 is 12.4. The first-order valence-corrected chi connectivity index (χ1v) is 5.37. The SMILES string of the molecule is COc1ncnc(Oc2c(C)nn(C)c2C)c1N. The fraction of sp³-hybridized carbons (Fsp3) is 0.364. The number of ether oxygens (including phenoxy) is 2. The van der Waals surface area contributed by atoms with E-state index in [1.54, 1.807) is 4.68 Å². The topological polar surface area (TPSA) is 88.1 Å². The molecule has 7 heteroatoms. The van der Waals surface area contributed by atoms with E-state index in [9.17, 15) is 0 Å². The summed E-state index contributed by atoms with van der Waals surface area (Å²) in [5.41, 5.74) is 7.78. The van der Waals surface area contributed by atoms with E-state index in [-0.39, 0.29) is 11.6 Å². The van der Waals surface area contributed by atoms with Crippen molar-refractivity contribution in [3.05, 3.63) is 17.7 Å². The maximum absolute atomic E-state index is 5.85. The highest BCUT2D eigenvalue weighted by atomic mass is 16.5. The molecule has 0 fully saturated rings. The molecule has 0 amide bonds. The quantitative estimate of drug-likeness (QED) is 0.879. The zero-order valence-corrected chi connectivity index (χ0v) is 10.8. The maximum Gasteiger partial charge on any atom is 0.250 e. The molecule has 2 aromatic rings. The van der Waals surface area contributed by atoms with Gasteiger partial charge in [0.25, 0.3) is 0 Å². The molecule has 2 heterocycles. The molecule has 7 nitrogen and oxygen atoms in total. The first-order valence-electron chi connectivity index (χ1n) is 5.37. The number of aromatic nitrogens is 4. The number of hydrogen-bond donors (Lipinski definition) is 1. The van der Waals surface area contributed by atoms with Crippen molar-refractivity contribution in [2.45, 2.75) is 13.8 Å². The standard InChI is InChI=1S/C11H15N5O2/c1-6-9(7(2)16(3)15-6)18-11-8(12)10(17-4)13-5-14-11/h5H,12H2,1-4H3. The van der Waals surface area contributed by atoms with Crippen LogP contribution >= 0.6 is 0 Å². The van der Waals surface area contributed by atoms with Crippen LogP contribution in [0.5, 0.6) is 17.5 Å². The fourth-order valence-electron chi connectivity index (χ4n) is 1.61. The summed E-state index contributed by atoms with van der Waals surface area (Å²) in [6, 6.07) is 0. The van der Waals surface area contributed by atoms with Crippen LogP contribution in [0.15, 0.2) is 6.33 Å². The molecule has 0 aliphatic carbocycles. The van der Waals surface area contributed by atoms with E-state index in [1.807, 2.05) is 20.9 Å². The van der Waals surface area contributed by atoms with Gasteiger partial charge in [0.1, 0.15) is 12.0 Å². The number of nitrogens with zero attached hydrogens (tertiary/aromatic N) is 4. The van der Waals surface area contributed by atoms with E-state index in [2.05, 4.69) is 15.1 Å². The minimum atomic E-state index is 0.265. The first-order chi connectivity index (χ1) is 8.54. The van der Waals surface area contributed by atoms with Crippen molar-refractivity contribution in [2.75, 3.05) is 12.8 Å². The second-order valence-electron chi connectivity index (χ2n) is 3.83. The zero-order chi connectivity index (χ0) is 13.3. The molecule has 0 aromatic carbocycles. The largest absolute Gasteiger partial charge is 0.479 e. The highest BCUT2D eigenvalue weighted by molar-refractivity contribution is 5.57. The molecule has 0 saturated heterocycles. The van der Waals surface area contributed by atoms with Crippen molar-refractivity contribution >= 4 is 5.69 Å². The third-order valence-electron chi connectivity index (χ3n) is 2.65. The number of rotatable bonds is 3. The lowest BCUT2D eigenvalue weighted by atomic mass is 10.3. The molecular weight excluding hydrogens is 234 g/mol. The Morgan fingerprint density at radius 2 is 1.89 bits per heavy atom. The van der Waals surface area contributed by atoms with Gasteiger partial charge in [0.2, 0.25) is 11.8 Å². The van der Waals surface area contributed by atoms with Crippen LogP contribution in [-0.2, 0) is 7.05 Å². The van der Waals surface area contributed by atoms with Crippen LogP contribution in [0.25, 0.3) is 0 Å². The van der Waals surface area contributed by atoms with Gasteiger partial charge in [-0.25, -0.2) is 0 Å². The smallest absolute Gasteiger partial charge is 0.250 e. The Morgan fingerprint density at radius 3 is 2.44 bits per heavy atom. The first kappa shape index (κ1) is 12.2. The van der Waals surface area contributed by atoms with E-state index < -0.39 is 0 Å². The minimum absolute atomic E-state index is 0.265. The molecule has 0 saturated carbocycles. The van der Waals surface area contributed by atoms with Crippen LogP contribution in [0.1, 0.15) is 11.4 Å². The van der Waals surface area contributed by atoms with Gasteiger partial charge >= 0.3 is 0 Å². The van der Waals surface area contributed by atoms with Gasteiger partial charge in [0, 0.05) is 7.05 Å². The van der Waals surface area contributed by atoms with Crippen molar-refractivity contribution in [1.82, 2.24) is 19.7 Å². The number of nitrogens with two attached hydrogens (primary N) is 1. The van der Waals surface area contributed by atoms with Gasteiger partial charge in [-0.1, -0.05) is 0 Å². The summed E-state index contributed by atoms with van der Waals surface area (Å²) in [4.78, 5) is 7.89. The molecule has 0 unspecified atom stereocenters. The second kappa shape index (κ2) is 4.52. The normalized spacial score (nSPS) is 10.4. The number of methoxy groups -OCH3 is 1. The molecule has 18 heavy (non-hydrogen) atoms. The molecule has 0 spiro atoms. The summed E-state index contributed by atoms with van der Waals surface area (Å²) in [5, 5.41) is 4.26. The predicted octanol–water partition coefficient (Wildman–Crippen LogP) is 1.21. The van der Waals surface area contributed by atoms with Crippen LogP contribution in [0, 0.1) is 13.8 Å². The van der Waals surface area contributed by atoms with Gasteiger partial charge in [0.05, 0.1) is 12.8 Å². The molecular formula is C11H15N5O2. The molecule has 96 valence electrons. The van der Waals surface area contributed by atoms with E-state index in [1.165, 1.54) is 13.4 Å². The highest BCUT2D eigenvalue weighted by Crippen LogP contribution is 2.33. The summed E-state index contributed by atoms with van der Waals surface area (Å²) in [6.07, 6.45) is 1.34. The zero-order valence-electron chi connectivity index (χ0n) is 10.8. The van der Waals surface area contributed by atoms with E-state index in [4.69, 9.17) is 15.2 Å². The van der Waals surface area contributed by atoms with Crippen molar-refractivity contribution in [3.8, 4) is 17.5 Å². The lowest BCUT2D eigenvalue weighted by Crippen LogP contribution is -2.01. The average molecular weight is 249 g/mol. The van der Waals surface area contributed by atoms with Crippen LogP contribution in [0.2, 0.25) is 0 Å². The molecule has 0 aliphatic heterocycles. The van der Waals surface area contributed by atoms with Crippen molar-refractivity contribution < 1.29 is 9.47 Å². The Morgan fingerprint density at radius 1 is 1.22 bits per heavy atom. The number of hydrogen-bond acceptors (Lipinski definition) is 6. The molecule has 0 aliphatic rings. The van der Waals surface area contributed by atoms with Crippen LogP contribution in [0.3, 0.4) is 0 Å². The monoisotopic (exact) mass is 249 g/mol. The molecule has 2 rings (SSSR count). The lowest BCUT2D eigenvalue weighted by molar-refractivity contribution is 0.391. The van der Waals surface area contributed by atoms with Gasteiger partial charge in [-0.3, -0.25) is 4.68 Å². The van der Waals surface area contributed by atoms with Crippen LogP contribution < -0.4 is 15.2 Å². The summed E-state index contributed by atoms with van der Waals surface area (Å²) in [5.74, 6) is 1.20. The van der Waals surface area contributed by atoms with E-state index in [0.29, 0.717) is 11.6 Å². The Bertz CT molecular complexity index is 579. The Labute approximate surface area is 105 Å². The van der Waals surface area contributed by atoms with Gasteiger partial charge in [-0.05, 0) is 13.8 Å². The molecule has 0 bridgehead atoms. The third-order valence-corrected chi connectivity index (χ3v) is 2.65. The van der Waals surface area contributed by atoms with Gasteiger partial charge < -0.3 is 15.2 Å². The molecule has 0 radical (unpaired) electrons. The predicted molar refractivity (Wildman–Crippen MR) is 65.8 cm³/mol. The van der Waals surface area contributed by atoms with Crippen molar-refractivity contribution in [1.29, 1.82) is 0 Å². The molecule has 0 atom stereocenters. The summed E-state index contributed by atoms with van der Waals surface area (Å²) >= 11 is 0. The van der Waals surface area contributed by atoms with E-state index in [0.717, 1.165) is 11.4 Å². The second-order valence-corrected chi connectivity index (χ2v) is 3.83. The van der Waals surface area contributed by atoms with Gasteiger partial charge in [-0.15, -0.1) is 0 Å². The minimum Gasteiger partial charge on any atom is -0.479 e. The Kier molecular flexibility index (Phi) is 3.05. The van der Waals surface area contributed by atoms with Crippen LogP contribution in [-0.4, -0.2) is 26.9 Å². The lowest BCUT2D eigenvalue weighted by Gasteiger charge is -2.09. The van der Waals surface area contributed by atoms with Crippen molar-refractivity contribution in [2.24, 2.45) is 7.05 Å². The van der Waals surface area contributed by atoms with Crippen LogP contribution in [0.4, 0.5) is 5.69 Å². The number of anilines is 1. The van der Waals surface area contributed by atoms with Crippen molar-refractivity contribution in [3.63, 3.8) is 0 Å². The highest BCUT2D eigenvalue weighted by Gasteiger charge is 2.16. The molecule has 2 N–H and O–H groups in total. The third kappa shape index (κ3) is 1.94. The number of aryl methyl sites for hydroxylation is 2. The Balaban J connectivity index is 2.40. The summed E-state index contributed by atoms with van der Waals surface area (Å²) in [6.45, 7) is 3.76. The average Bonchev–Trinajstić information content (AvgIpc) is 2.58. The number of nitrogen functional groups attached to an aromatic ring is 1. The van der Waals surface area contributed by atoms with Gasteiger partial charge in [0.15, 0.2) is 11.4 Å². The maximum atomic E-state index is 5.85. The fourth-order valence-corrected chi connectivity index (χ4v) is 1.61. The van der Waals surface area contributed by atoms with Gasteiger partial charge in [-0.2, -0.15) is 15.1 Å². The van der Waals surface area contributed by atoms with E-state index >= 15 is 0 Å². The molecule has 2 aromatic heterocycles. The summed E-state index contributed by atoms with van der Waals surface area (Å²) in [7, 11) is 3.34. The Hall–Kier alpha value is -2.31.